The molecule has 0 heterocycles. The molecule has 4 nitrogen and oxygen atoms in total. The summed E-state index contributed by atoms with van der Waals surface area (Å²) in [4.78, 5) is 30.2. The fourth-order valence-corrected chi connectivity index (χ4v) is 0.628. The number of carbonyl (C=O) groups excluding carboxylic acids is 2. The van der Waals surface area contributed by atoms with Gasteiger partial charge < -0.3 is 0 Å². The van der Waals surface area contributed by atoms with E-state index < -0.39 is 11.9 Å². The summed E-state index contributed by atoms with van der Waals surface area (Å²) in [5.74, 6) is -1.49. The minimum absolute atomic E-state index is 0. The van der Waals surface area contributed by atoms with Gasteiger partial charge in [-0.2, -0.15) is 0 Å². The van der Waals surface area contributed by atoms with E-state index in [1.807, 2.05) is 13.8 Å². The van der Waals surface area contributed by atoms with Crippen molar-refractivity contribution in [3.63, 3.8) is 0 Å². The molecule has 0 aliphatic rings. The van der Waals surface area contributed by atoms with Crippen LogP contribution in [0, 0.1) is 0 Å². The molecule has 0 aromatic heterocycles. The van der Waals surface area contributed by atoms with Gasteiger partial charge in [0.05, 0.1) is 0 Å². The summed E-state index contributed by atoms with van der Waals surface area (Å²) < 4.78 is 0. The number of hydrogen-bond donors (Lipinski definition) is 0. The van der Waals surface area contributed by atoms with Crippen molar-refractivity contribution in [2.75, 3.05) is 0 Å². The van der Waals surface area contributed by atoms with Crippen LogP contribution in [0.5, 0.6) is 0 Å². The van der Waals surface area contributed by atoms with E-state index in [0.717, 1.165) is 12.2 Å². The predicted molar refractivity (Wildman–Crippen MR) is 77.2 cm³/mol. The molecule has 18 heavy (non-hydrogen) atoms. The van der Waals surface area contributed by atoms with Crippen molar-refractivity contribution in [1.29, 1.82) is 0 Å². The summed E-state index contributed by atoms with van der Waals surface area (Å²) in [5.41, 5.74) is 0. The summed E-state index contributed by atoms with van der Waals surface area (Å²) in [7, 11) is 0. The normalized spacial score (nSPS) is 10.6. The fourth-order valence-electron chi connectivity index (χ4n) is 0.628. The molecule has 0 bridgehead atoms. The molecule has 0 N–H and O–H groups in total. The first-order valence-corrected chi connectivity index (χ1v) is 4.72. The number of carbonyl (C=O) groups is 2. The van der Waals surface area contributed by atoms with Gasteiger partial charge in [-0.3, -0.25) is 0 Å². The zero-order valence-electron chi connectivity index (χ0n) is 9.25. The number of rotatable bonds is 4. The molecular weight excluding hydrogens is 288 g/mol. The Kier molecular flexibility index (Phi) is 22.7. The van der Waals surface area contributed by atoms with Crippen LogP contribution in [0.3, 0.4) is 0 Å². The molecule has 94 valence electrons. The Morgan fingerprint density at radius 1 is 0.722 bits per heavy atom. The van der Waals surface area contributed by atoms with Crippen LogP contribution < -0.4 is 0 Å². The minimum atomic E-state index is -0.745. The molecule has 0 rings (SSSR count). The van der Waals surface area contributed by atoms with Gasteiger partial charge in [0.25, 0.3) is 0 Å². The zero-order chi connectivity index (χ0) is 12.2. The van der Waals surface area contributed by atoms with E-state index >= 15 is 0 Å². The van der Waals surface area contributed by atoms with Gasteiger partial charge in [-0.1, -0.05) is 36.5 Å². The van der Waals surface area contributed by atoms with Crippen molar-refractivity contribution in [2.45, 2.75) is 13.8 Å². The summed E-state index contributed by atoms with van der Waals surface area (Å²) in [6.45, 7) is 3.61. The Labute approximate surface area is 167 Å². The molecule has 0 aliphatic heterocycles. The molecule has 6 heteroatoms. The van der Waals surface area contributed by atoms with Gasteiger partial charge in [0, 0.05) is 12.2 Å². The van der Waals surface area contributed by atoms with Crippen LogP contribution in [-0.2, 0) is 19.4 Å². The standard InChI is InChI=1S/C12H14O4.2Ca.4H/c1-3-5-7-9-11(13)15-16-12(14)10-8-6-4-2;;;;;;/h3-10H,1-2H3;;;;;;/b5-3+,6-4+,9-7+,10-8+;;;;;;. The van der Waals surface area contributed by atoms with E-state index in [9.17, 15) is 9.59 Å². The van der Waals surface area contributed by atoms with Crippen molar-refractivity contribution < 1.29 is 19.4 Å². The molecular formula is C12H18Ca2O4. The quantitative estimate of drug-likeness (QED) is 0.248. The van der Waals surface area contributed by atoms with Crippen LogP contribution >= 0.6 is 0 Å². The maximum atomic E-state index is 10.9. The summed E-state index contributed by atoms with van der Waals surface area (Å²) in [5, 5.41) is 0. The molecule has 0 aromatic rings. The third-order valence-corrected chi connectivity index (χ3v) is 1.28. The van der Waals surface area contributed by atoms with Gasteiger partial charge in [-0.25, -0.2) is 19.4 Å². The van der Waals surface area contributed by atoms with E-state index in [1.165, 1.54) is 12.2 Å². The van der Waals surface area contributed by atoms with E-state index in [1.54, 1.807) is 24.3 Å². The van der Waals surface area contributed by atoms with Crippen LogP contribution in [-0.4, -0.2) is 87.4 Å². The average Bonchev–Trinajstić information content (AvgIpc) is 2.27. The van der Waals surface area contributed by atoms with Gasteiger partial charge in [0.15, 0.2) is 0 Å². The third kappa shape index (κ3) is 16.4. The molecule has 0 aromatic carbocycles. The van der Waals surface area contributed by atoms with Crippen LogP contribution in [0.1, 0.15) is 13.8 Å². The van der Waals surface area contributed by atoms with Gasteiger partial charge in [-0.15, -0.1) is 0 Å². The molecule has 0 radical (unpaired) electrons. The molecule has 0 spiro atoms. The maximum absolute atomic E-state index is 10.9. The fraction of sp³-hybridized carbons (Fsp3) is 0.167. The topological polar surface area (TPSA) is 52.6 Å². The van der Waals surface area contributed by atoms with Gasteiger partial charge in [0.2, 0.25) is 0 Å². The first-order valence-electron chi connectivity index (χ1n) is 4.72. The van der Waals surface area contributed by atoms with E-state index in [-0.39, 0.29) is 75.5 Å². The second-order valence-corrected chi connectivity index (χ2v) is 2.57. The predicted octanol–water partition coefficient (Wildman–Crippen LogP) is 0.420. The van der Waals surface area contributed by atoms with Crippen molar-refractivity contribution in [2.24, 2.45) is 0 Å². The summed E-state index contributed by atoms with van der Waals surface area (Å²) >= 11 is 0. The van der Waals surface area contributed by atoms with Gasteiger partial charge in [-0.05, 0) is 13.8 Å². The van der Waals surface area contributed by atoms with Crippen LogP contribution in [0.2, 0.25) is 0 Å². The van der Waals surface area contributed by atoms with Crippen LogP contribution in [0.25, 0.3) is 0 Å². The van der Waals surface area contributed by atoms with Crippen LogP contribution in [0.4, 0.5) is 0 Å². The molecule has 0 aliphatic carbocycles. The first-order chi connectivity index (χ1) is 7.70. The van der Waals surface area contributed by atoms with E-state index in [0.29, 0.717) is 0 Å². The third-order valence-electron chi connectivity index (χ3n) is 1.28. The van der Waals surface area contributed by atoms with Gasteiger partial charge >= 0.3 is 87.4 Å². The Hall–Kier alpha value is 0.419. The van der Waals surface area contributed by atoms with Crippen LogP contribution in [0.15, 0.2) is 48.6 Å². The summed E-state index contributed by atoms with van der Waals surface area (Å²) in [6.07, 6.45) is 12.0. The van der Waals surface area contributed by atoms with E-state index in [4.69, 9.17) is 0 Å². The van der Waals surface area contributed by atoms with Crippen molar-refractivity contribution in [1.82, 2.24) is 0 Å². The van der Waals surface area contributed by atoms with Crippen molar-refractivity contribution >= 4 is 87.4 Å². The Morgan fingerprint density at radius 3 is 1.33 bits per heavy atom. The monoisotopic (exact) mass is 306 g/mol. The SMILES string of the molecule is C/C=C/C=C/C(=O)OOC(=O)/C=C/C=C/C.[CaH2].[CaH2]. The molecule has 0 atom stereocenters. The van der Waals surface area contributed by atoms with Crippen molar-refractivity contribution in [3.8, 4) is 0 Å². The second kappa shape index (κ2) is 17.4. The average molecular weight is 306 g/mol. The Morgan fingerprint density at radius 2 is 1.06 bits per heavy atom. The molecule has 0 unspecified atom stereocenters. The number of hydrogen-bond acceptors (Lipinski definition) is 4. The molecule has 0 saturated heterocycles. The molecule has 0 fully saturated rings. The van der Waals surface area contributed by atoms with Crippen molar-refractivity contribution in [3.05, 3.63) is 48.6 Å². The Balaban J connectivity index is -0.00000112. The summed E-state index contributed by atoms with van der Waals surface area (Å²) in [6, 6.07) is 0. The van der Waals surface area contributed by atoms with E-state index in [2.05, 4.69) is 9.78 Å². The van der Waals surface area contributed by atoms with Gasteiger partial charge in [0.1, 0.15) is 0 Å². The second-order valence-electron chi connectivity index (χ2n) is 2.57. The zero-order valence-corrected chi connectivity index (χ0v) is 9.25. The number of allylic oxidation sites excluding steroid dienone is 6. The first kappa shape index (κ1) is 23.5. The molecule has 0 amide bonds. The Bertz CT molecular complexity index is 310. The molecule has 0 saturated carbocycles.